The molecule has 0 amide bonds. The molecule has 128 valence electrons. The Kier molecular flexibility index (Phi) is 5.42. The summed E-state index contributed by atoms with van der Waals surface area (Å²) in [6, 6.07) is 1.72. The van der Waals surface area contributed by atoms with Crippen molar-refractivity contribution in [2.45, 2.75) is 25.1 Å². The van der Waals surface area contributed by atoms with Crippen LogP contribution in [0.5, 0.6) is 0 Å². The lowest BCUT2D eigenvalue weighted by Gasteiger charge is -2.40. The van der Waals surface area contributed by atoms with Crippen LogP contribution in [-0.2, 0) is 6.18 Å². The number of piperidine rings is 1. The van der Waals surface area contributed by atoms with E-state index in [0.29, 0.717) is 16.3 Å². The van der Waals surface area contributed by atoms with E-state index in [-0.39, 0.29) is 0 Å². The highest BCUT2D eigenvalue weighted by Crippen LogP contribution is 2.34. The fraction of sp³-hybridized carbons (Fsp3) is 0.667. The molecule has 1 aromatic rings. The maximum absolute atomic E-state index is 12.7. The van der Waals surface area contributed by atoms with Gasteiger partial charge in [0.05, 0.1) is 10.0 Å². The van der Waals surface area contributed by atoms with Crippen molar-refractivity contribution < 1.29 is 13.2 Å². The Hall–Kier alpha value is -0.470. The fourth-order valence-electron chi connectivity index (χ4n) is 3.20. The topological polar surface area (TPSA) is 19.4 Å². The lowest BCUT2D eigenvalue weighted by Crippen LogP contribution is -2.48. The highest BCUT2D eigenvalue weighted by Gasteiger charge is 2.32. The zero-order valence-corrected chi connectivity index (χ0v) is 15.1. The van der Waals surface area contributed by atoms with Gasteiger partial charge in [-0.3, -0.25) is 4.90 Å². The van der Waals surface area contributed by atoms with Crippen molar-refractivity contribution in [1.82, 2.24) is 9.88 Å². The van der Waals surface area contributed by atoms with Crippen molar-refractivity contribution in [3.63, 3.8) is 0 Å². The molecule has 3 heterocycles. The highest BCUT2D eigenvalue weighted by atomic mass is 79.9. The van der Waals surface area contributed by atoms with Crippen LogP contribution in [0.3, 0.4) is 0 Å². The average molecular weight is 410 g/mol. The molecule has 2 aliphatic rings. The monoisotopic (exact) mass is 409 g/mol. The van der Waals surface area contributed by atoms with Crippen LogP contribution in [0.15, 0.2) is 16.7 Å². The molecule has 0 bridgehead atoms. The molecule has 2 aliphatic heterocycles. The molecule has 0 atom stereocenters. The first-order valence-electron chi connectivity index (χ1n) is 7.74. The van der Waals surface area contributed by atoms with Gasteiger partial charge in [0.1, 0.15) is 5.82 Å². The Morgan fingerprint density at radius 3 is 2.35 bits per heavy atom. The van der Waals surface area contributed by atoms with Crippen LogP contribution in [-0.4, -0.2) is 53.6 Å². The predicted octanol–water partition coefficient (Wildman–Crippen LogP) is 3.88. The van der Waals surface area contributed by atoms with Crippen molar-refractivity contribution in [1.29, 1.82) is 0 Å². The average Bonchev–Trinajstić information content (AvgIpc) is 2.55. The summed E-state index contributed by atoms with van der Waals surface area (Å²) in [6.45, 7) is 3.98. The number of halogens is 4. The lowest BCUT2D eigenvalue weighted by molar-refractivity contribution is -0.137. The first-order valence-corrected chi connectivity index (χ1v) is 9.69. The molecule has 3 nitrogen and oxygen atoms in total. The van der Waals surface area contributed by atoms with Crippen LogP contribution in [0, 0.1) is 0 Å². The van der Waals surface area contributed by atoms with E-state index in [1.54, 1.807) is 0 Å². The van der Waals surface area contributed by atoms with E-state index >= 15 is 0 Å². The summed E-state index contributed by atoms with van der Waals surface area (Å²) in [7, 11) is 0. The molecule has 0 unspecified atom stereocenters. The zero-order chi connectivity index (χ0) is 16.4. The van der Waals surface area contributed by atoms with E-state index in [1.165, 1.54) is 11.5 Å². The second-order valence-corrected chi connectivity index (χ2v) is 7.97. The molecule has 3 rings (SSSR count). The Balaban J connectivity index is 1.63. The number of thioether (sulfide) groups is 1. The number of hydrogen-bond donors (Lipinski definition) is 0. The third-order valence-electron chi connectivity index (χ3n) is 4.48. The minimum absolute atomic E-state index is 0.417. The van der Waals surface area contributed by atoms with E-state index in [1.807, 2.05) is 11.8 Å². The smallest absolute Gasteiger partial charge is 0.356 e. The van der Waals surface area contributed by atoms with Gasteiger partial charge in [-0.25, -0.2) is 4.98 Å². The predicted molar refractivity (Wildman–Crippen MR) is 91.1 cm³/mol. The van der Waals surface area contributed by atoms with Crippen molar-refractivity contribution in [3.05, 3.63) is 22.3 Å². The van der Waals surface area contributed by atoms with Gasteiger partial charge >= 0.3 is 6.18 Å². The minimum Gasteiger partial charge on any atom is -0.356 e. The molecule has 0 aromatic carbocycles. The van der Waals surface area contributed by atoms with Gasteiger partial charge in [-0.2, -0.15) is 24.9 Å². The number of nitrogens with zero attached hydrogens (tertiary/aromatic N) is 3. The largest absolute Gasteiger partial charge is 0.417 e. The fourth-order valence-corrected chi connectivity index (χ4v) is 4.73. The molecular formula is C15H19BrF3N3S. The van der Waals surface area contributed by atoms with Gasteiger partial charge in [0.25, 0.3) is 0 Å². The SMILES string of the molecule is FC(F)(F)c1cnc(N2CCC(N3CCSCC3)CC2)c(Br)c1. The number of aromatic nitrogens is 1. The molecule has 2 fully saturated rings. The number of rotatable bonds is 2. The van der Waals surface area contributed by atoms with Gasteiger partial charge in [-0.1, -0.05) is 0 Å². The van der Waals surface area contributed by atoms with Crippen LogP contribution < -0.4 is 4.90 Å². The quantitative estimate of drug-likeness (QED) is 0.737. The summed E-state index contributed by atoms with van der Waals surface area (Å²) < 4.78 is 38.6. The maximum Gasteiger partial charge on any atom is 0.417 e. The summed E-state index contributed by atoms with van der Waals surface area (Å²) in [5.74, 6) is 3.02. The van der Waals surface area contributed by atoms with Crippen LogP contribution in [0.2, 0.25) is 0 Å². The van der Waals surface area contributed by atoms with E-state index in [0.717, 1.165) is 51.3 Å². The third-order valence-corrected chi connectivity index (χ3v) is 6.00. The number of hydrogen-bond acceptors (Lipinski definition) is 4. The minimum atomic E-state index is -4.35. The van der Waals surface area contributed by atoms with Crippen molar-refractivity contribution in [2.75, 3.05) is 42.6 Å². The van der Waals surface area contributed by atoms with Gasteiger partial charge in [0.15, 0.2) is 0 Å². The maximum atomic E-state index is 12.7. The van der Waals surface area contributed by atoms with Crippen LogP contribution in [0.1, 0.15) is 18.4 Å². The molecule has 8 heteroatoms. The summed E-state index contributed by atoms with van der Waals surface area (Å²) in [5, 5.41) is 0. The van der Waals surface area contributed by atoms with E-state index in [4.69, 9.17) is 0 Å². The molecule has 23 heavy (non-hydrogen) atoms. The lowest BCUT2D eigenvalue weighted by atomic mass is 10.0. The molecule has 0 aliphatic carbocycles. The molecule has 0 radical (unpaired) electrons. The number of pyridine rings is 1. The normalized spacial score (nSPS) is 21.7. The van der Waals surface area contributed by atoms with E-state index < -0.39 is 11.7 Å². The van der Waals surface area contributed by atoms with E-state index in [9.17, 15) is 13.2 Å². The third kappa shape index (κ3) is 4.14. The van der Waals surface area contributed by atoms with Crippen molar-refractivity contribution >= 4 is 33.5 Å². The van der Waals surface area contributed by atoms with Crippen LogP contribution >= 0.6 is 27.7 Å². The molecule has 0 saturated carbocycles. The highest BCUT2D eigenvalue weighted by molar-refractivity contribution is 9.10. The van der Waals surface area contributed by atoms with Gasteiger partial charge in [-0.15, -0.1) is 0 Å². The van der Waals surface area contributed by atoms with Crippen LogP contribution in [0.4, 0.5) is 19.0 Å². The Morgan fingerprint density at radius 1 is 1.13 bits per heavy atom. The summed E-state index contributed by atoms with van der Waals surface area (Å²) in [5.41, 5.74) is -0.714. The first kappa shape index (κ1) is 17.4. The summed E-state index contributed by atoms with van der Waals surface area (Å²) >= 11 is 5.25. The standard InChI is InChI=1S/C15H19BrF3N3S/c16-13-9-11(15(17,18)19)10-20-14(13)22-3-1-12(2-4-22)21-5-7-23-8-6-21/h9-10,12H,1-8H2. The number of alkyl halides is 3. The summed E-state index contributed by atoms with van der Waals surface area (Å²) in [6.07, 6.45) is -1.35. The second-order valence-electron chi connectivity index (χ2n) is 5.89. The van der Waals surface area contributed by atoms with Gasteiger partial charge in [0, 0.05) is 49.9 Å². The molecule has 0 N–H and O–H groups in total. The zero-order valence-electron chi connectivity index (χ0n) is 12.7. The van der Waals surface area contributed by atoms with Crippen molar-refractivity contribution in [3.8, 4) is 0 Å². The van der Waals surface area contributed by atoms with Crippen LogP contribution in [0.25, 0.3) is 0 Å². The molecular weight excluding hydrogens is 391 g/mol. The van der Waals surface area contributed by atoms with Gasteiger partial charge < -0.3 is 4.90 Å². The Bertz CT molecular complexity index is 541. The second kappa shape index (κ2) is 7.19. The van der Waals surface area contributed by atoms with Gasteiger partial charge in [-0.05, 0) is 34.8 Å². The Labute approximate surface area is 146 Å². The first-order chi connectivity index (χ1) is 10.9. The Morgan fingerprint density at radius 2 is 1.78 bits per heavy atom. The van der Waals surface area contributed by atoms with Gasteiger partial charge in [0.2, 0.25) is 0 Å². The van der Waals surface area contributed by atoms with E-state index in [2.05, 4.69) is 30.7 Å². The molecule has 2 saturated heterocycles. The number of anilines is 1. The molecule has 1 aromatic heterocycles. The molecule has 0 spiro atoms. The van der Waals surface area contributed by atoms with Crippen molar-refractivity contribution in [2.24, 2.45) is 0 Å². The summed E-state index contributed by atoms with van der Waals surface area (Å²) in [4.78, 5) is 8.69.